The molecule has 1 fully saturated rings. The Balaban J connectivity index is 2.48. The first-order chi connectivity index (χ1) is 8.13. The van der Waals surface area contributed by atoms with Gasteiger partial charge in [0.2, 0.25) is 5.91 Å². The third-order valence-corrected chi connectivity index (χ3v) is 4.52. The maximum absolute atomic E-state index is 12.1. The molecule has 0 aliphatic carbocycles. The van der Waals surface area contributed by atoms with Crippen LogP contribution in [0.5, 0.6) is 0 Å². The van der Waals surface area contributed by atoms with E-state index in [1.54, 1.807) is 11.8 Å². The quantitative estimate of drug-likeness (QED) is 0.750. The Morgan fingerprint density at radius 1 is 1.65 bits per heavy atom. The maximum atomic E-state index is 12.1. The third kappa shape index (κ3) is 3.86. The van der Waals surface area contributed by atoms with E-state index in [4.69, 9.17) is 4.74 Å². The summed E-state index contributed by atoms with van der Waals surface area (Å²) in [5.74, 6) is 0.0398. The molecule has 0 aromatic rings. The summed E-state index contributed by atoms with van der Waals surface area (Å²) in [6, 6.07) is -0.0133. The molecule has 100 valence electrons. The van der Waals surface area contributed by atoms with E-state index in [1.165, 1.54) is 0 Å². The summed E-state index contributed by atoms with van der Waals surface area (Å²) < 4.78 is 5.52. The second-order valence-electron chi connectivity index (χ2n) is 4.47. The second-order valence-corrected chi connectivity index (χ2v) is 5.54. The highest BCUT2D eigenvalue weighted by atomic mass is 32.2. The number of carbonyl (C=O) groups excluding carboxylic acids is 1. The molecule has 4 atom stereocenters. The average Bonchev–Trinajstić information content (AvgIpc) is 2.78. The Hall–Kier alpha value is -0.260. The molecule has 0 spiro atoms. The Morgan fingerprint density at radius 2 is 2.35 bits per heavy atom. The summed E-state index contributed by atoms with van der Waals surface area (Å²) in [5, 5.41) is 12.2. The van der Waals surface area contributed by atoms with Crippen LogP contribution in [-0.4, -0.2) is 47.9 Å². The standard InChI is InChI=1S/C12H23NO3S/c1-4-10-9(5-6-16-10)12(15)13-8(2)11(7-14)17-3/h8-11,14H,4-7H2,1-3H3,(H,13,15). The summed E-state index contributed by atoms with van der Waals surface area (Å²) in [5.41, 5.74) is 0. The van der Waals surface area contributed by atoms with Crippen LogP contribution < -0.4 is 5.32 Å². The van der Waals surface area contributed by atoms with E-state index in [0.29, 0.717) is 6.61 Å². The molecular formula is C12H23NO3S. The number of hydrogen-bond donors (Lipinski definition) is 2. The molecule has 0 radical (unpaired) electrons. The number of ether oxygens (including phenoxy) is 1. The van der Waals surface area contributed by atoms with E-state index < -0.39 is 0 Å². The lowest BCUT2D eigenvalue weighted by atomic mass is 9.98. The molecule has 1 aliphatic rings. The predicted octanol–water partition coefficient (Wildman–Crippen LogP) is 1.03. The van der Waals surface area contributed by atoms with Gasteiger partial charge < -0.3 is 15.2 Å². The third-order valence-electron chi connectivity index (χ3n) is 3.36. The summed E-state index contributed by atoms with van der Waals surface area (Å²) in [6.45, 7) is 4.74. The Labute approximate surface area is 107 Å². The van der Waals surface area contributed by atoms with Crippen LogP contribution in [0.15, 0.2) is 0 Å². The molecule has 4 unspecified atom stereocenters. The van der Waals surface area contributed by atoms with Gasteiger partial charge in [0, 0.05) is 17.9 Å². The molecular weight excluding hydrogens is 238 g/mol. The predicted molar refractivity (Wildman–Crippen MR) is 70.1 cm³/mol. The van der Waals surface area contributed by atoms with Crippen molar-refractivity contribution in [2.45, 2.75) is 44.1 Å². The van der Waals surface area contributed by atoms with Gasteiger partial charge in [-0.25, -0.2) is 0 Å². The molecule has 0 aromatic heterocycles. The molecule has 1 aliphatic heterocycles. The van der Waals surface area contributed by atoms with Gasteiger partial charge in [-0.15, -0.1) is 0 Å². The van der Waals surface area contributed by atoms with E-state index in [2.05, 4.69) is 5.32 Å². The van der Waals surface area contributed by atoms with Crippen LogP contribution in [0, 0.1) is 5.92 Å². The van der Waals surface area contributed by atoms with Crippen molar-refractivity contribution in [2.24, 2.45) is 5.92 Å². The van der Waals surface area contributed by atoms with Gasteiger partial charge >= 0.3 is 0 Å². The van der Waals surface area contributed by atoms with E-state index in [1.807, 2.05) is 20.1 Å². The molecule has 5 heteroatoms. The number of hydrogen-bond acceptors (Lipinski definition) is 4. The van der Waals surface area contributed by atoms with Crippen molar-refractivity contribution in [1.29, 1.82) is 0 Å². The van der Waals surface area contributed by atoms with Gasteiger partial charge in [0.05, 0.1) is 18.6 Å². The second kappa shape index (κ2) is 7.24. The minimum absolute atomic E-state index is 0.0133. The van der Waals surface area contributed by atoms with Gasteiger partial charge in [0.25, 0.3) is 0 Å². The lowest BCUT2D eigenvalue weighted by Crippen LogP contribution is -2.45. The molecule has 1 rings (SSSR count). The van der Waals surface area contributed by atoms with E-state index in [0.717, 1.165) is 12.8 Å². The van der Waals surface area contributed by atoms with Gasteiger partial charge in [-0.2, -0.15) is 11.8 Å². The van der Waals surface area contributed by atoms with Crippen molar-refractivity contribution in [3.63, 3.8) is 0 Å². The number of aliphatic hydroxyl groups is 1. The van der Waals surface area contributed by atoms with E-state index in [-0.39, 0.29) is 35.8 Å². The molecule has 4 nitrogen and oxygen atoms in total. The topological polar surface area (TPSA) is 58.6 Å². The zero-order chi connectivity index (χ0) is 12.8. The average molecular weight is 261 g/mol. The smallest absolute Gasteiger partial charge is 0.226 e. The van der Waals surface area contributed by atoms with Gasteiger partial charge in [0.1, 0.15) is 0 Å². The number of aliphatic hydroxyl groups excluding tert-OH is 1. The van der Waals surface area contributed by atoms with Crippen LogP contribution in [0.1, 0.15) is 26.7 Å². The van der Waals surface area contributed by atoms with Crippen molar-refractivity contribution < 1.29 is 14.6 Å². The molecule has 2 N–H and O–H groups in total. The fourth-order valence-corrected chi connectivity index (χ4v) is 2.84. The Bertz CT molecular complexity index is 246. The number of thioether (sulfide) groups is 1. The van der Waals surface area contributed by atoms with Crippen molar-refractivity contribution in [3.05, 3.63) is 0 Å². The minimum Gasteiger partial charge on any atom is -0.395 e. The Kier molecular flexibility index (Phi) is 6.30. The SMILES string of the molecule is CCC1OCCC1C(=O)NC(C)C(CO)SC. The van der Waals surface area contributed by atoms with Crippen molar-refractivity contribution in [3.8, 4) is 0 Å². The number of amides is 1. The zero-order valence-electron chi connectivity index (χ0n) is 10.8. The Morgan fingerprint density at radius 3 is 2.88 bits per heavy atom. The molecule has 1 saturated heterocycles. The molecule has 1 amide bonds. The van der Waals surface area contributed by atoms with Gasteiger partial charge in [-0.1, -0.05) is 6.92 Å². The first-order valence-electron chi connectivity index (χ1n) is 6.19. The zero-order valence-corrected chi connectivity index (χ0v) is 11.6. The van der Waals surface area contributed by atoms with Gasteiger partial charge in [-0.3, -0.25) is 4.79 Å². The molecule has 0 saturated carbocycles. The normalized spacial score (nSPS) is 27.8. The highest BCUT2D eigenvalue weighted by Gasteiger charge is 2.33. The van der Waals surface area contributed by atoms with Crippen LogP contribution >= 0.6 is 11.8 Å². The van der Waals surface area contributed by atoms with Gasteiger partial charge in [-0.05, 0) is 26.0 Å². The van der Waals surface area contributed by atoms with Crippen LogP contribution in [0.2, 0.25) is 0 Å². The fraction of sp³-hybridized carbons (Fsp3) is 0.917. The monoisotopic (exact) mass is 261 g/mol. The lowest BCUT2D eigenvalue weighted by Gasteiger charge is -2.24. The summed E-state index contributed by atoms with van der Waals surface area (Å²) >= 11 is 1.57. The van der Waals surface area contributed by atoms with Crippen LogP contribution in [0.25, 0.3) is 0 Å². The van der Waals surface area contributed by atoms with E-state index in [9.17, 15) is 9.90 Å². The van der Waals surface area contributed by atoms with Crippen molar-refractivity contribution >= 4 is 17.7 Å². The molecule has 1 heterocycles. The number of nitrogens with one attached hydrogen (secondary N) is 1. The van der Waals surface area contributed by atoms with Crippen LogP contribution in [0.4, 0.5) is 0 Å². The molecule has 17 heavy (non-hydrogen) atoms. The summed E-state index contributed by atoms with van der Waals surface area (Å²) in [4.78, 5) is 12.1. The number of rotatable bonds is 6. The highest BCUT2D eigenvalue weighted by molar-refractivity contribution is 7.99. The van der Waals surface area contributed by atoms with Gasteiger partial charge in [0.15, 0.2) is 0 Å². The summed E-state index contributed by atoms with van der Waals surface area (Å²) in [7, 11) is 0. The molecule has 0 aromatic carbocycles. The summed E-state index contributed by atoms with van der Waals surface area (Å²) in [6.07, 6.45) is 3.68. The van der Waals surface area contributed by atoms with Crippen molar-refractivity contribution in [2.75, 3.05) is 19.5 Å². The largest absolute Gasteiger partial charge is 0.395 e. The minimum atomic E-state index is -0.0244. The highest BCUT2D eigenvalue weighted by Crippen LogP contribution is 2.24. The van der Waals surface area contributed by atoms with E-state index >= 15 is 0 Å². The number of carbonyl (C=O) groups is 1. The first-order valence-corrected chi connectivity index (χ1v) is 7.48. The fourth-order valence-electron chi connectivity index (χ4n) is 2.21. The lowest BCUT2D eigenvalue weighted by molar-refractivity contribution is -0.127. The van der Waals surface area contributed by atoms with Crippen molar-refractivity contribution in [1.82, 2.24) is 5.32 Å². The maximum Gasteiger partial charge on any atom is 0.226 e. The van der Waals surface area contributed by atoms with Crippen LogP contribution in [0.3, 0.4) is 0 Å². The van der Waals surface area contributed by atoms with Crippen LogP contribution in [-0.2, 0) is 9.53 Å². The molecule has 0 bridgehead atoms. The first kappa shape index (κ1) is 14.8.